The first-order chi connectivity index (χ1) is 20.0. The Balaban J connectivity index is 1.33. The molecule has 3 N–H and O–H groups in total. The molecule has 0 saturated heterocycles. The molecule has 2 heterocycles. The lowest BCUT2D eigenvalue weighted by molar-refractivity contribution is -0.00427. The van der Waals surface area contributed by atoms with Crippen LogP contribution >= 0.6 is 27.3 Å². The van der Waals surface area contributed by atoms with E-state index in [1.807, 2.05) is 19.1 Å². The average molecular weight is 658 g/mol. The van der Waals surface area contributed by atoms with E-state index in [9.17, 15) is 4.79 Å². The highest BCUT2D eigenvalue weighted by Gasteiger charge is 2.13. The predicted octanol–water partition coefficient (Wildman–Crippen LogP) is 4.14. The summed E-state index contributed by atoms with van der Waals surface area (Å²) in [6, 6.07) is 7.94. The van der Waals surface area contributed by atoms with Gasteiger partial charge in [-0.1, -0.05) is 0 Å². The molecule has 0 spiro atoms. The van der Waals surface area contributed by atoms with Gasteiger partial charge in [-0.15, -0.1) is 11.3 Å². The zero-order valence-electron chi connectivity index (χ0n) is 23.3. The van der Waals surface area contributed by atoms with E-state index in [0.717, 1.165) is 33.5 Å². The van der Waals surface area contributed by atoms with Gasteiger partial charge in [-0.3, -0.25) is 0 Å². The van der Waals surface area contributed by atoms with Gasteiger partial charge in [0.05, 0.1) is 69.3 Å². The van der Waals surface area contributed by atoms with Crippen LogP contribution in [0.25, 0.3) is 10.9 Å². The third kappa shape index (κ3) is 12.3. The Hall–Kier alpha value is -2.75. The van der Waals surface area contributed by atoms with Crippen molar-refractivity contribution >= 4 is 50.1 Å². The van der Waals surface area contributed by atoms with Crippen molar-refractivity contribution in [2.75, 3.05) is 85.0 Å². The van der Waals surface area contributed by atoms with Crippen LogP contribution in [0.15, 0.2) is 28.1 Å². The molecule has 0 saturated carbocycles. The van der Waals surface area contributed by atoms with E-state index >= 15 is 0 Å². The van der Waals surface area contributed by atoms with Gasteiger partial charge in [-0.2, -0.15) is 0 Å². The maximum Gasteiger partial charge on any atom is 0.404 e. The molecule has 0 aliphatic carbocycles. The second-order valence-corrected chi connectivity index (χ2v) is 11.1. The largest absolute Gasteiger partial charge is 0.493 e. The Bertz CT molecular complexity index is 1220. The van der Waals surface area contributed by atoms with Crippen molar-refractivity contribution < 1.29 is 38.3 Å². The highest BCUT2D eigenvalue weighted by Crippen LogP contribution is 2.34. The zero-order chi connectivity index (χ0) is 29.3. The van der Waals surface area contributed by atoms with Crippen molar-refractivity contribution in [1.29, 1.82) is 0 Å². The number of nitrogens with zero attached hydrogens (tertiary/aromatic N) is 2. The van der Waals surface area contributed by atoms with Gasteiger partial charge in [0.25, 0.3) is 0 Å². The van der Waals surface area contributed by atoms with Crippen molar-refractivity contribution in [3.63, 3.8) is 0 Å². The maximum absolute atomic E-state index is 10.3. The lowest BCUT2D eigenvalue weighted by atomic mass is 10.2. The molecule has 0 bridgehead atoms. The third-order valence-electron chi connectivity index (χ3n) is 5.51. The number of aromatic nitrogens is 2. The zero-order valence-corrected chi connectivity index (χ0v) is 25.7. The number of ether oxygens (including phenoxy) is 6. The molecular weight excluding hydrogens is 620 g/mol. The van der Waals surface area contributed by atoms with Crippen LogP contribution in [0.3, 0.4) is 0 Å². The number of rotatable bonds is 21. The summed E-state index contributed by atoms with van der Waals surface area (Å²) >= 11 is 5.23. The predicted molar refractivity (Wildman–Crippen MR) is 160 cm³/mol. The molecule has 12 nitrogen and oxygen atoms in total. The Morgan fingerprint density at radius 2 is 1.56 bits per heavy atom. The molecule has 0 radical (unpaired) electrons. The molecule has 0 aliphatic heterocycles. The standard InChI is InChI=1S/C27H37BrN4O8S/c1-19-31-22-18-23(35-2)24(17-21(22)26(32-19)29-6-5-20-3-4-25(28)41-20)40-16-15-39-14-13-38-12-11-37-10-9-36-8-7-30-27(33)34/h3-4,17-18,30H,5-16H2,1-2H3,(H,33,34)(H,29,31,32). The van der Waals surface area contributed by atoms with Gasteiger partial charge < -0.3 is 44.2 Å². The van der Waals surface area contributed by atoms with Gasteiger partial charge >= 0.3 is 6.09 Å². The number of hydrogen-bond acceptors (Lipinski definition) is 11. The number of carbonyl (C=O) groups is 1. The second-order valence-electron chi connectivity index (χ2n) is 8.55. The summed E-state index contributed by atoms with van der Waals surface area (Å²) in [5.41, 5.74) is 0.779. The number of benzene rings is 1. The molecule has 41 heavy (non-hydrogen) atoms. The van der Waals surface area contributed by atoms with E-state index in [-0.39, 0.29) is 6.54 Å². The fraction of sp³-hybridized carbons (Fsp3) is 0.519. The van der Waals surface area contributed by atoms with Crippen LogP contribution in [0.1, 0.15) is 10.7 Å². The third-order valence-corrected chi connectivity index (χ3v) is 7.19. The first-order valence-corrected chi connectivity index (χ1v) is 14.8. The molecule has 1 amide bonds. The van der Waals surface area contributed by atoms with E-state index < -0.39 is 6.09 Å². The summed E-state index contributed by atoms with van der Waals surface area (Å²) in [6.07, 6.45) is -0.176. The van der Waals surface area contributed by atoms with Crippen LogP contribution < -0.4 is 20.1 Å². The van der Waals surface area contributed by atoms with Gasteiger partial charge in [-0.05, 0) is 47.5 Å². The molecule has 0 aliphatic rings. The van der Waals surface area contributed by atoms with Crippen molar-refractivity contribution in [3.05, 3.63) is 38.8 Å². The number of methoxy groups -OCH3 is 1. The number of hydrogen-bond donors (Lipinski definition) is 3. The number of anilines is 1. The number of nitrogens with one attached hydrogen (secondary N) is 2. The van der Waals surface area contributed by atoms with E-state index in [4.69, 9.17) is 33.5 Å². The van der Waals surface area contributed by atoms with Gasteiger partial charge in [0.2, 0.25) is 0 Å². The van der Waals surface area contributed by atoms with E-state index in [1.54, 1.807) is 18.4 Å². The molecule has 2 aromatic heterocycles. The minimum Gasteiger partial charge on any atom is -0.493 e. The highest BCUT2D eigenvalue weighted by molar-refractivity contribution is 9.11. The summed E-state index contributed by atoms with van der Waals surface area (Å²) in [5.74, 6) is 2.62. The number of fused-ring (bicyclic) bond motifs is 1. The number of aryl methyl sites for hydroxylation is 1. The van der Waals surface area contributed by atoms with Gasteiger partial charge in [0.1, 0.15) is 18.2 Å². The molecule has 1 aromatic carbocycles. The lowest BCUT2D eigenvalue weighted by Crippen LogP contribution is -2.25. The molecule has 3 aromatic rings. The summed E-state index contributed by atoms with van der Waals surface area (Å²) in [4.78, 5) is 20.8. The van der Waals surface area contributed by atoms with Gasteiger partial charge in [-0.25, -0.2) is 14.8 Å². The molecular formula is C27H37BrN4O8S. The first kappa shape index (κ1) is 32.8. The number of carboxylic acid groups (broad SMARTS) is 1. The van der Waals surface area contributed by atoms with Crippen molar-refractivity contribution in [3.8, 4) is 11.5 Å². The number of thiophene rings is 1. The Labute approximate surface area is 251 Å². The second kappa shape index (κ2) is 18.6. The van der Waals surface area contributed by atoms with Crippen LogP contribution in [-0.2, 0) is 25.4 Å². The van der Waals surface area contributed by atoms with Crippen molar-refractivity contribution in [2.45, 2.75) is 13.3 Å². The molecule has 0 unspecified atom stereocenters. The normalized spacial score (nSPS) is 11.1. The molecule has 0 fully saturated rings. The quantitative estimate of drug-likeness (QED) is 0.142. The molecule has 14 heteroatoms. The average Bonchev–Trinajstić information content (AvgIpc) is 3.36. The SMILES string of the molecule is COc1cc2nc(C)nc(NCCc3ccc(Br)s3)c2cc1OCCOCCOCCOCCOCCNC(=O)O. The fourth-order valence-electron chi connectivity index (χ4n) is 3.65. The molecule has 226 valence electrons. The van der Waals surface area contributed by atoms with Crippen molar-refractivity contribution in [1.82, 2.24) is 15.3 Å². The Kier molecular flexibility index (Phi) is 14.9. The minimum atomic E-state index is -1.06. The van der Waals surface area contributed by atoms with Crippen LogP contribution in [0, 0.1) is 6.92 Å². The smallest absolute Gasteiger partial charge is 0.404 e. The fourth-order valence-corrected chi connectivity index (χ4v) is 5.14. The summed E-state index contributed by atoms with van der Waals surface area (Å²) < 4.78 is 34.4. The monoisotopic (exact) mass is 656 g/mol. The van der Waals surface area contributed by atoms with Crippen LogP contribution in [0.4, 0.5) is 10.6 Å². The highest BCUT2D eigenvalue weighted by atomic mass is 79.9. The maximum atomic E-state index is 10.3. The van der Waals surface area contributed by atoms with Crippen LogP contribution in [0.5, 0.6) is 11.5 Å². The van der Waals surface area contributed by atoms with Gasteiger partial charge in [0.15, 0.2) is 11.5 Å². The van der Waals surface area contributed by atoms with Crippen molar-refractivity contribution in [2.24, 2.45) is 0 Å². The van der Waals surface area contributed by atoms with Gasteiger partial charge in [0, 0.05) is 29.4 Å². The lowest BCUT2D eigenvalue weighted by Gasteiger charge is -2.14. The first-order valence-electron chi connectivity index (χ1n) is 13.2. The number of halogens is 1. The van der Waals surface area contributed by atoms with E-state index in [0.29, 0.717) is 76.8 Å². The minimum absolute atomic E-state index is 0.252. The summed E-state index contributed by atoms with van der Waals surface area (Å²) in [7, 11) is 1.60. The molecule has 3 rings (SSSR count). The van der Waals surface area contributed by atoms with Crippen LogP contribution in [-0.4, -0.2) is 101 Å². The van der Waals surface area contributed by atoms with Crippen LogP contribution in [0.2, 0.25) is 0 Å². The van der Waals surface area contributed by atoms with E-state index in [1.165, 1.54) is 4.88 Å². The Morgan fingerprint density at radius 3 is 2.17 bits per heavy atom. The number of amides is 1. The van der Waals surface area contributed by atoms with E-state index in [2.05, 4.69) is 48.7 Å². The summed E-state index contributed by atoms with van der Waals surface area (Å²) in [5, 5.41) is 15.0. The molecule has 0 atom stereocenters. The topological polar surface area (TPSA) is 143 Å². The summed E-state index contributed by atoms with van der Waals surface area (Å²) in [6.45, 7) is 6.46. The Morgan fingerprint density at radius 1 is 0.902 bits per heavy atom.